The number of aryl methyl sites for hydroxylation is 2. The van der Waals surface area contributed by atoms with Crippen LogP contribution in [0.5, 0.6) is 0 Å². The molecule has 1 N–H and O–H groups in total. The van der Waals surface area contributed by atoms with Gasteiger partial charge in [0.15, 0.2) is 0 Å². The average Bonchev–Trinajstić information content (AvgIpc) is 2.97. The van der Waals surface area contributed by atoms with Crippen molar-refractivity contribution in [3.8, 4) is 6.07 Å². The number of amides is 1. The van der Waals surface area contributed by atoms with Crippen molar-refractivity contribution in [2.24, 2.45) is 0 Å². The van der Waals surface area contributed by atoms with E-state index in [1.54, 1.807) is 32.0 Å². The molecule has 0 radical (unpaired) electrons. The van der Waals surface area contributed by atoms with E-state index in [-0.39, 0.29) is 5.91 Å². The normalized spacial score (nSPS) is 11.6. The number of anilines is 1. The van der Waals surface area contributed by atoms with Crippen LogP contribution < -0.4 is 5.32 Å². The number of hydrogen-bond acceptors (Lipinski definition) is 4. The zero-order valence-corrected chi connectivity index (χ0v) is 15.0. The molecule has 0 aliphatic carbocycles. The number of benzene rings is 2. The predicted molar refractivity (Wildman–Crippen MR) is 99.3 cm³/mol. The van der Waals surface area contributed by atoms with Gasteiger partial charge in [-0.05, 0) is 37.1 Å². The molecule has 1 atom stereocenters. The first-order chi connectivity index (χ1) is 12.5. The van der Waals surface area contributed by atoms with Crippen LogP contribution in [0.1, 0.15) is 38.9 Å². The molecule has 1 aromatic heterocycles. The Balaban J connectivity index is 1.86. The monoisotopic (exact) mass is 365 g/mol. The van der Waals surface area contributed by atoms with Gasteiger partial charge in [-0.2, -0.15) is 5.26 Å². The molecule has 0 bridgehead atoms. The highest BCUT2D eigenvalue weighted by molar-refractivity contribution is 6.32. The quantitative estimate of drug-likeness (QED) is 0.716. The van der Waals surface area contributed by atoms with E-state index in [2.05, 4.69) is 16.5 Å². The van der Waals surface area contributed by atoms with E-state index in [0.717, 1.165) is 5.56 Å². The van der Waals surface area contributed by atoms with Crippen LogP contribution in [0, 0.1) is 25.2 Å². The number of carbonyl (C=O) groups excluding carboxylic acids is 1. The summed E-state index contributed by atoms with van der Waals surface area (Å²) in [7, 11) is 0. The number of halogens is 1. The minimum Gasteiger partial charge on any atom is -0.361 e. The van der Waals surface area contributed by atoms with Gasteiger partial charge in [-0.3, -0.25) is 4.79 Å². The maximum atomic E-state index is 12.4. The Kier molecular flexibility index (Phi) is 5.06. The van der Waals surface area contributed by atoms with Crippen molar-refractivity contribution >= 4 is 23.2 Å². The van der Waals surface area contributed by atoms with Crippen molar-refractivity contribution in [2.45, 2.75) is 19.8 Å². The highest BCUT2D eigenvalue weighted by Crippen LogP contribution is 2.32. The topological polar surface area (TPSA) is 78.9 Å². The molecule has 6 heteroatoms. The maximum absolute atomic E-state index is 12.4. The summed E-state index contributed by atoms with van der Waals surface area (Å²) in [6.45, 7) is 3.39. The van der Waals surface area contributed by atoms with Crippen LogP contribution in [0.15, 0.2) is 53.1 Å². The molecule has 0 aliphatic heterocycles. The third-order valence-corrected chi connectivity index (χ3v) is 4.42. The number of nitriles is 1. The fourth-order valence-corrected chi connectivity index (χ4v) is 3.10. The number of aromatic nitrogens is 1. The maximum Gasteiger partial charge on any atom is 0.261 e. The van der Waals surface area contributed by atoms with Gasteiger partial charge in [-0.25, -0.2) is 0 Å². The van der Waals surface area contributed by atoms with Gasteiger partial charge in [0, 0.05) is 10.7 Å². The summed E-state index contributed by atoms with van der Waals surface area (Å²) in [6, 6.07) is 16.8. The van der Waals surface area contributed by atoms with Crippen molar-refractivity contribution in [1.82, 2.24) is 5.16 Å². The molecule has 2 aromatic carbocycles. The first kappa shape index (κ1) is 17.7. The zero-order chi connectivity index (χ0) is 18.7. The Bertz CT molecular complexity index is 971. The van der Waals surface area contributed by atoms with Crippen molar-refractivity contribution < 1.29 is 9.32 Å². The number of nitrogens with one attached hydrogen (secondary N) is 1. The lowest BCUT2D eigenvalue weighted by Gasteiger charge is -2.13. The molecule has 0 spiro atoms. The van der Waals surface area contributed by atoms with E-state index in [1.807, 2.05) is 30.3 Å². The van der Waals surface area contributed by atoms with Crippen LogP contribution in [0.25, 0.3) is 0 Å². The van der Waals surface area contributed by atoms with Crippen LogP contribution in [0.3, 0.4) is 0 Å². The number of hydrogen-bond donors (Lipinski definition) is 1. The van der Waals surface area contributed by atoms with E-state index >= 15 is 0 Å². The highest BCUT2D eigenvalue weighted by Gasteiger charge is 2.20. The second kappa shape index (κ2) is 7.42. The molecule has 0 saturated heterocycles. The minimum absolute atomic E-state index is 0.315. The number of nitrogens with zero attached hydrogens (tertiary/aromatic N) is 2. The summed E-state index contributed by atoms with van der Waals surface area (Å²) in [5, 5.41) is 16.5. The summed E-state index contributed by atoms with van der Waals surface area (Å²) >= 11 is 6.39. The van der Waals surface area contributed by atoms with E-state index in [9.17, 15) is 10.1 Å². The van der Waals surface area contributed by atoms with Crippen LogP contribution in [0.4, 0.5) is 5.69 Å². The standard InChI is InChI=1S/C20H16ClN3O2/c1-12-19(13(2)26-24-12)20(25)23-15-8-9-16(18(21)10-15)17(11-22)14-6-4-3-5-7-14/h3-10,17H,1-2H3,(H,23,25). The van der Waals surface area contributed by atoms with Crippen LogP contribution in [-0.2, 0) is 0 Å². The summed E-state index contributed by atoms with van der Waals surface area (Å²) in [5.41, 5.74) is 3.02. The largest absolute Gasteiger partial charge is 0.361 e. The van der Waals surface area contributed by atoms with Gasteiger partial charge >= 0.3 is 0 Å². The third kappa shape index (κ3) is 3.46. The van der Waals surface area contributed by atoms with E-state index in [0.29, 0.717) is 33.3 Å². The molecule has 3 rings (SSSR count). The van der Waals surface area contributed by atoms with Gasteiger partial charge in [0.2, 0.25) is 0 Å². The summed E-state index contributed by atoms with van der Waals surface area (Å²) in [4.78, 5) is 12.4. The van der Waals surface area contributed by atoms with Crippen molar-refractivity contribution in [3.63, 3.8) is 0 Å². The molecular formula is C20H16ClN3O2. The Morgan fingerprint density at radius 2 is 1.96 bits per heavy atom. The summed E-state index contributed by atoms with van der Waals surface area (Å²) in [6.07, 6.45) is 0. The lowest BCUT2D eigenvalue weighted by atomic mass is 9.92. The molecule has 0 saturated carbocycles. The molecule has 26 heavy (non-hydrogen) atoms. The molecule has 1 amide bonds. The van der Waals surface area contributed by atoms with E-state index in [4.69, 9.17) is 16.1 Å². The van der Waals surface area contributed by atoms with Crippen LogP contribution >= 0.6 is 11.6 Å². The third-order valence-electron chi connectivity index (χ3n) is 4.09. The van der Waals surface area contributed by atoms with Gasteiger partial charge < -0.3 is 9.84 Å². The van der Waals surface area contributed by atoms with Crippen molar-refractivity contribution in [2.75, 3.05) is 5.32 Å². The molecule has 1 heterocycles. The molecule has 3 aromatic rings. The molecule has 0 aliphatic rings. The average molecular weight is 366 g/mol. The Hall–Kier alpha value is -3.10. The molecule has 0 fully saturated rings. The first-order valence-corrected chi connectivity index (χ1v) is 8.37. The van der Waals surface area contributed by atoms with Crippen molar-refractivity contribution in [1.29, 1.82) is 5.26 Å². The van der Waals surface area contributed by atoms with Gasteiger partial charge in [-0.15, -0.1) is 0 Å². The predicted octanol–water partition coefficient (Wildman–Crippen LogP) is 4.85. The zero-order valence-electron chi connectivity index (χ0n) is 14.3. The number of carbonyl (C=O) groups is 1. The van der Waals surface area contributed by atoms with Gasteiger partial charge in [0.05, 0.1) is 17.7 Å². The molecule has 1 unspecified atom stereocenters. The lowest BCUT2D eigenvalue weighted by Crippen LogP contribution is -2.13. The Morgan fingerprint density at radius 3 is 2.54 bits per heavy atom. The summed E-state index contributed by atoms with van der Waals surface area (Å²) in [5.74, 6) is -0.336. The lowest BCUT2D eigenvalue weighted by molar-refractivity contribution is 0.102. The molecular weight excluding hydrogens is 350 g/mol. The van der Waals surface area contributed by atoms with Gasteiger partial charge in [-0.1, -0.05) is 53.2 Å². The second-order valence-electron chi connectivity index (χ2n) is 5.86. The molecule has 130 valence electrons. The van der Waals surface area contributed by atoms with E-state index < -0.39 is 5.92 Å². The van der Waals surface area contributed by atoms with Crippen LogP contribution in [0.2, 0.25) is 5.02 Å². The second-order valence-corrected chi connectivity index (χ2v) is 6.27. The highest BCUT2D eigenvalue weighted by atomic mass is 35.5. The van der Waals surface area contributed by atoms with Crippen molar-refractivity contribution in [3.05, 3.63) is 81.7 Å². The Morgan fingerprint density at radius 1 is 1.23 bits per heavy atom. The molecule has 5 nitrogen and oxygen atoms in total. The van der Waals surface area contributed by atoms with Crippen LogP contribution in [-0.4, -0.2) is 11.1 Å². The van der Waals surface area contributed by atoms with Gasteiger partial charge in [0.1, 0.15) is 11.3 Å². The fraction of sp³-hybridized carbons (Fsp3) is 0.150. The SMILES string of the molecule is Cc1noc(C)c1C(=O)Nc1ccc(C(C#N)c2ccccc2)c(Cl)c1. The van der Waals surface area contributed by atoms with E-state index in [1.165, 1.54) is 0 Å². The smallest absolute Gasteiger partial charge is 0.261 e. The summed E-state index contributed by atoms with van der Waals surface area (Å²) < 4.78 is 5.02. The number of rotatable bonds is 4. The fourth-order valence-electron chi connectivity index (χ4n) is 2.81. The Labute approximate surface area is 156 Å². The minimum atomic E-state index is -0.476. The first-order valence-electron chi connectivity index (χ1n) is 7.99. The van der Waals surface area contributed by atoms with Gasteiger partial charge in [0.25, 0.3) is 5.91 Å².